The highest BCUT2D eigenvalue weighted by Gasteiger charge is 2.14. The highest BCUT2D eigenvalue weighted by molar-refractivity contribution is 9.10. The van der Waals surface area contributed by atoms with Crippen LogP contribution in [-0.4, -0.2) is 6.61 Å². The Labute approximate surface area is 187 Å². The second-order valence-electron chi connectivity index (χ2n) is 6.22. The van der Waals surface area contributed by atoms with Gasteiger partial charge in [0.2, 0.25) is 0 Å². The van der Waals surface area contributed by atoms with Gasteiger partial charge in [0.15, 0.2) is 11.5 Å². The third-order valence-corrected chi connectivity index (χ3v) is 5.29. The fourth-order valence-corrected chi connectivity index (χ4v) is 3.64. The minimum atomic E-state index is -0.382. The highest BCUT2D eigenvalue weighted by atomic mass is 79.9. The summed E-state index contributed by atoms with van der Waals surface area (Å²) in [5.41, 5.74) is 2.67. The molecule has 0 aliphatic rings. The van der Waals surface area contributed by atoms with Crippen molar-refractivity contribution in [2.24, 2.45) is 0 Å². The molecule has 29 heavy (non-hydrogen) atoms. The lowest BCUT2D eigenvalue weighted by atomic mass is 10.2. The first kappa shape index (κ1) is 21.8. The minimum Gasteiger partial charge on any atom is -0.490 e. The van der Waals surface area contributed by atoms with E-state index < -0.39 is 0 Å². The number of halogens is 4. The molecule has 1 N–H and O–H groups in total. The summed E-state index contributed by atoms with van der Waals surface area (Å²) in [7, 11) is 0. The summed E-state index contributed by atoms with van der Waals surface area (Å²) in [4.78, 5) is 0. The van der Waals surface area contributed by atoms with Crippen LogP contribution in [0.3, 0.4) is 0 Å². The van der Waals surface area contributed by atoms with Gasteiger partial charge in [-0.1, -0.05) is 29.3 Å². The zero-order chi connectivity index (χ0) is 20.8. The maximum absolute atomic E-state index is 13.2. The van der Waals surface area contributed by atoms with Crippen LogP contribution in [0.1, 0.15) is 18.1 Å². The Kier molecular flexibility index (Phi) is 7.64. The van der Waals surface area contributed by atoms with Crippen molar-refractivity contribution in [3.8, 4) is 11.5 Å². The van der Waals surface area contributed by atoms with E-state index in [-0.39, 0.29) is 12.4 Å². The van der Waals surface area contributed by atoms with Crippen molar-refractivity contribution in [1.29, 1.82) is 0 Å². The van der Waals surface area contributed by atoms with Gasteiger partial charge >= 0.3 is 0 Å². The second-order valence-corrected chi connectivity index (χ2v) is 7.92. The third kappa shape index (κ3) is 6.01. The predicted octanol–water partition coefficient (Wildman–Crippen LogP) is 7.48. The molecule has 0 aliphatic heterocycles. The Bertz CT molecular complexity index is 983. The molecule has 0 bridgehead atoms. The number of ether oxygens (including phenoxy) is 2. The number of anilines is 1. The molecule has 0 aromatic heterocycles. The lowest BCUT2D eigenvalue weighted by Crippen LogP contribution is -2.04. The summed E-state index contributed by atoms with van der Waals surface area (Å²) in [5.74, 6) is 0.808. The van der Waals surface area contributed by atoms with E-state index >= 15 is 0 Å². The molecule has 7 heteroatoms. The summed E-state index contributed by atoms with van der Waals surface area (Å²) < 4.78 is 25.7. The SMILES string of the molecule is CCOc1cc(CNc2ccc(Cl)cc2)cc(Br)c1OCc1ccc(F)cc1Cl. The van der Waals surface area contributed by atoms with Crippen LogP contribution in [0.4, 0.5) is 10.1 Å². The zero-order valence-electron chi connectivity index (χ0n) is 15.6. The fraction of sp³-hybridized carbons (Fsp3) is 0.182. The number of nitrogens with one attached hydrogen (secondary N) is 1. The predicted molar refractivity (Wildman–Crippen MR) is 120 cm³/mol. The van der Waals surface area contributed by atoms with Crippen molar-refractivity contribution in [1.82, 2.24) is 0 Å². The van der Waals surface area contributed by atoms with E-state index in [1.165, 1.54) is 12.1 Å². The van der Waals surface area contributed by atoms with Crippen LogP contribution in [-0.2, 0) is 13.2 Å². The molecule has 0 heterocycles. The van der Waals surface area contributed by atoms with Crippen LogP contribution in [0.15, 0.2) is 59.1 Å². The number of rotatable bonds is 8. The molecule has 152 valence electrons. The molecule has 0 saturated carbocycles. The van der Waals surface area contributed by atoms with E-state index in [9.17, 15) is 4.39 Å². The molecular formula is C22H19BrCl2FNO2. The molecule has 0 saturated heterocycles. The molecule has 3 rings (SSSR count). The standard InChI is InChI=1S/C22H19BrCl2FNO2/c1-2-28-21-10-14(12-27-18-7-4-16(24)5-8-18)9-19(23)22(21)29-13-15-3-6-17(26)11-20(15)25/h3-11,27H,2,12-13H2,1H3. The maximum atomic E-state index is 13.2. The van der Waals surface area contributed by atoms with E-state index in [0.717, 1.165) is 15.7 Å². The molecule has 0 fully saturated rings. The van der Waals surface area contributed by atoms with E-state index in [4.69, 9.17) is 32.7 Å². The van der Waals surface area contributed by atoms with Crippen LogP contribution in [0.2, 0.25) is 10.0 Å². The molecule has 3 aromatic carbocycles. The smallest absolute Gasteiger partial charge is 0.175 e. The molecule has 3 nitrogen and oxygen atoms in total. The third-order valence-electron chi connectivity index (χ3n) is 4.10. The van der Waals surface area contributed by atoms with E-state index in [1.54, 1.807) is 6.07 Å². The van der Waals surface area contributed by atoms with Gasteiger partial charge in [-0.3, -0.25) is 0 Å². The molecule has 0 spiro atoms. The van der Waals surface area contributed by atoms with E-state index in [2.05, 4.69) is 21.2 Å². The van der Waals surface area contributed by atoms with Crippen molar-refractivity contribution < 1.29 is 13.9 Å². The molecule has 3 aromatic rings. The molecule has 0 radical (unpaired) electrons. The summed E-state index contributed by atoms with van der Waals surface area (Å²) in [6.45, 7) is 3.20. The lowest BCUT2D eigenvalue weighted by molar-refractivity contribution is 0.267. The van der Waals surface area contributed by atoms with Crippen molar-refractivity contribution in [2.45, 2.75) is 20.1 Å². The first-order chi connectivity index (χ1) is 14.0. The van der Waals surface area contributed by atoms with Crippen molar-refractivity contribution >= 4 is 44.8 Å². The quantitative estimate of drug-likeness (QED) is 0.349. The Hall–Kier alpha value is -1.95. The van der Waals surface area contributed by atoms with Crippen LogP contribution in [0.5, 0.6) is 11.5 Å². The van der Waals surface area contributed by atoms with Gasteiger partial charge in [0.05, 0.1) is 16.1 Å². The Balaban J connectivity index is 1.75. The molecule has 0 unspecified atom stereocenters. The zero-order valence-corrected chi connectivity index (χ0v) is 18.7. The number of hydrogen-bond acceptors (Lipinski definition) is 3. The Morgan fingerprint density at radius 2 is 1.76 bits per heavy atom. The Morgan fingerprint density at radius 1 is 1.00 bits per heavy atom. The first-order valence-electron chi connectivity index (χ1n) is 8.97. The number of benzene rings is 3. The normalized spacial score (nSPS) is 10.7. The van der Waals surface area contributed by atoms with Gasteiger partial charge in [0.25, 0.3) is 0 Å². The van der Waals surface area contributed by atoms with Crippen LogP contribution < -0.4 is 14.8 Å². The van der Waals surface area contributed by atoms with Gasteiger partial charge in [-0.05, 0) is 76.9 Å². The fourth-order valence-electron chi connectivity index (χ4n) is 2.69. The molecule has 0 atom stereocenters. The van der Waals surface area contributed by atoms with Crippen LogP contribution in [0.25, 0.3) is 0 Å². The summed E-state index contributed by atoms with van der Waals surface area (Å²) in [5, 5.41) is 4.36. The minimum absolute atomic E-state index is 0.195. The molecule has 0 amide bonds. The highest BCUT2D eigenvalue weighted by Crippen LogP contribution is 2.38. The topological polar surface area (TPSA) is 30.5 Å². The van der Waals surface area contributed by atoms with Gasteiger partial charge in [0, 0.05) is 22.8 Å². The van der Waals surface area contributed by atoms with E-state index in [1.807, 2.05) is 43.3 Å². The van der Waals surface area contributed by atoms with Gasteiger partial charge < -0.3 is 14.8 Å². The van der Waals surface area contributed by atoms with Gasteiger partial charge in [0.1, 0.15) is 12.4 Å². The van der Waals surface area contributed by atoms with Gasteiger partial charge in [-0.2, -0.15) is 0 Å². The lowest BCUT2D eigenvalue weighted by Gasteiger charge is -2.16. The summed E-state index contributed by atoms with van der Waals surface area (Å²) >= 11 is 15.6. The maximum Gasteiger partial charge on any atom is 0.175 e. The average molecular weight is 499 g/mol. The van der Waals surface area contributed by atoms with Crippen molar-refractivity contribution in [3.05, 3.63) is 86.1 Å². The second kappa shape index (κ2) is 10.2. The average Bonchev–Trinajstić information content (AvgIpc) is 2.68. The molecular weight excluding hydrogens is 480 g/mol. The number of hydrogen-bond donors (Lipinski definition) is 1. The molecule has 0 aliphatic carbocycles. The largest absolute Gasteiger partial charge is 0.490 e. The van der Waals surface area contributed by atoms with Crippen molar-refractivity contribution in [2.75, 3.05) is 11.9 Å². The van der Waals surface area contributed by atoms with Crippen LogP contribution >= 0.6 is 39.1 Å². The first-order valence-corrected chi connectivity index (χ1v) is 10.5. The van der Waals surface area contributed by atoms with Crippen molar-refractivity contribution in [3.63, 3.8) is 0 Å². The monoisotopic (exact) mass is 497 g/mol. The van der Waals surface area contributed by atoms with E-state index in [0.29, 0.717) is 40.3 Å². The van der Waals surface area contributed by atoms with Gasteiger partial charge in [-0.25, -0.2) is 4.39 Å². The summed E-state index contributed by atoms with van der Waals surface area (Å²) in [6, 6.07) is 15.6. The summed E-state index contributed by atoms with van der Waals surface area (Å²) in [6.07, 6.45) is 0. The van der Waals surface area contributed by atoms with Gasteiger partial charge in [-0.15, -0.1) is 0 Å². The van der Waals surface area contributed by atoms with Crippen LogP contribution in [0, 0.1) is 5.82 Å². The Morgan fingerprint density at radius 3 is 2.45 bits per heavy atom.